The topological polar surface area (TPSA) is 70.2 Å². The first-order valence-electron chi connectivity index (χ1n) is 8.95. The molecule has 0 saturated carbocycles. The van der Waals surface area contributed by atoms with Crippen molar-refractivity contribution < 1.29 is 9.59 Å². The molecule has 3 rings (SSSR count). The van der Waals surface area contributed by atoms with Crippen LogP contribution in [0.4, 0.5) is 11.4 Å². The van der Waals surface area contributed by atoms with Crippen LogP contribution in [0.5, 0.6) is 0 Å². The minimum atomic E-state index is -0.131. The van der Waals surface area contributed by atoms with Crippen LogP contribution in [0.25, 0.3) is 10.8 Å². The molecule has 3 N–H and O–H groups in total. The number of fused-ring (bicyclic) bond motifs is 1. The highest BCUT2D eigenvalue weighted by Gasteiger charge is 2.08. The number of anilines is 2. The van der Waals surface area contributed by atoms with Gasteiger partial charge in [-0.15, -0.1) is 0 Å². The lowest BCUT2D eigenvalue weighted by atomic mass is 10.1. The Kier molecular flexibility index (Phi) is 5.71. The van der Waals surface area contributed by atoms with Gasteiger partial charge in [-0.25, -0.2) is 0 Å². The molecule has 0 aliphatic heterocycles. The molecule has 0 aliphatic carbocycles. The summed E-state index contributed by atoms with van der Waals surface area (Å²) >= 11 is 0. The molecule has 5 heteroatoms. The molecule has 0 radical (unpaired) electrons. The van der Waals surface area contributed by atoms with E-state index in [-0.39, 0.29) is 24.4 Å². The van der Waals surface area contributed by atoms with Crippen LogP contribution in [0.1, 0.15) is 24.2 Å². The minimum absolute atomic E-state index is 0.0908. The van der Waals surface area contributed by atoms with Gasteiger partial charge in [0.1, 0.15) is 0 Å². The van der Waals surface area contributed by atoms with Gasteiger partial charge in [-0.3, -0.25) is 9.59 Å². The molecular weight excluding hydrogens is 338 g/mol. The van der Waals surface area contributed by atoms with E-state index in [4.69, 9.17) is 0 Å². The van der Waals surface area contributed by atoms with Crippen LogP contribution in [0.2, 0.25) is 0 Å². The highest BCUT2D eigenvalue weighted by atomic mass is 16.2. The van der Waals surface area contributed by atoms with Crippen LogP contribution in [-0.2, 0) is 4.79 Å². The highest BCUT2D eigenvalue weighted by molar-refractivity contribution is 6.03. The van der Waals surface area contributed by atoms with Gasteiger partial charge in [0, 0.05) is 28.4 Å². The first-order valence-corrected chi connectivity index (χ1v) is 8.95. The molecular formula is C22H23N3O2. The van der Waals surface area contributed by atoms with Crippen molar-refractivity contribution in [2.45, 2.75) is 19.9 Å². The Morgan fingerprint density at radius 3 is 2.33 bits per heavy atom. The molecule has 3 aromatic rings. The van der Waals surface area contributed by atoms with Gasteiger partial charge in [-0.05, 0) is 49.6 Å². The van der Waals surface area contributed by atoms with Crippen molar-refractivity contribution in [1.29, 1.82) is 0 Å². The molecule has 0 unspecified atom stereocenters. The average Bonchev–Trinajstić information content (AvgIpc) is 2.66. The molecule has 5 nitrogen and oxygen atoms in total. The SMILES string of the molecule is CC(C)NC(=O)c1ccc(NCC(=O)Nc2cccc3ccccc23)cc1. The number of hydrogen-bond donors (Lipinski definition) is 3. The number of carbonyl (C=O) groups excluding carboxylic acids is 2. The Bertz CT molecular complexity index is 944. The van der Waals surface area contributed by atoms with Gasteiger partial charge in [-0.1, -0.05) is 36.4 Å². The van der Waals surface area contributed by atoms with Crippen LogP contribution in [0, 0.1) is 0 Å². The fraction of sp³-hybridized carbons (Fsp3) is 0.182. The molecule has 138 valence electrons. The molecule has 0 aromatic heterocycles. The largest absolute Gasteiger partial charge is 0.376 e. The van der Waals surface area contributed by atoms with Crippen molar-refractivity contribution >= 4 is 34.0 Å². The summed E-state index contributed by atoms with van der Waals surface area (Å²) in [5, 5.41) is 11.0. The summed E-state index contributed by atoms with van der Waals surface area (Å²) in [7, 11) is 0. The zero-order valence-electron chi connectivity index (χ0n) is 15.5. The third-order valence-corrected chi connectivity index (χ3v) is 4.08. The van der Waals surface area contributed by atoms with Crippen LogP contribution in [0.15, 0.2) is 66.7 Å². The van der Waals surface area contributed by atoms with Gasteiger partial charge in [0.2, 0.25) is 5.91 Å². The smallest absolute Gasteiger partial charge is 0.251 e. The van der Waals surface area contributed by atoms with Gasteiger partial charge < -0.3 is 16.0 Å². The number of nitrogens with one attached hydrogen (secondary N) is 3. The second-order valence-corrected chi connectivity index (χ2v) is 6.63. The van der Waals surface area contributed by atoms with Crippen molar-refractivity contribution in [3.05, 3.63) is 72.3 Å². The number of hydrogen-bond acceptors (Lipinski definition) is 3. The maximum absolute atomic E-state index is 12.3. The average molecular weight is 361 g/mol. The second kappa shape index (κ2) is 8.36. The van der Waals surface area contributed by atoms with E-state index in [1.807, 2.05) is 56.3 Å². The van der Waals surface area contributed by atoms with E-state index in [0.717, 1.165) is 22.1 Å². The lowest BCUT2D eigenvalue weighted by Crippen LogP contribution is -2.30. The van der Waals surface area contributed by atoms with Crippen LogP contribution >= 0.6 is 0 Å². The normalized spacial score (nSPS) is 10.6. The lowest BCUT2D eigenvalue weighted by molar-refractivity contribution is -0.114. The van der Waals surface area contributed by atoms with Crippen molar-refractivity contribution in [3.63, 3.8) is 0 Å². The molecule has 0 bridgehead atoms. The van der Waals surface area contributed by atoms with Crippen molar-refractivity contribution in [2.75, 3.05) is 17.2 Å². The van der Waals surface area contributed by atoms with Crippen molar-refractivity contribution in [1.82, 2.24) is 5.32 Å². The lowest BCUT2D eigenvalue weighted by Gasteiger charge is -2.11. The minimum Gasteiger partial charge on any atom is -0.376 e. The number of benzene rings is 3. The summed E-state index contributed by atoms with van der Waals surface area (Å²) in [5.74, 6) is -0.238. The summed E-state index contributed by atoms with van der Waals surface area (Å²) in [5.41, 5.74) is 2.17. The Morgan fingerprint density at radius 1 is 0.889 bits per heavy atom. The first kappa shape index (κ1) is 18.5. The number of carbonyl (C=O) groups is 2. The number of amides is 2. The fourth-order valence-electron chi connectivity index (χ4n) is 2.80. The molecule has 27 heavy (non-hydrogen) atoms. The van der Waals surface area contributed by atoms with Gasteiger partial charge in [0.15, 0.2) is 0 Å². The van der Waals surface area contributed by atoms with Crippen LogP contribution < -0.4 is 16.0 Å². The van der Waals surface area contributed by atoms with E-state index in [2.05, 4.69) is 16.0 Å². The summed E-state index contributed by atoms with van der Waals surface area (Å²) in [6.45, 7) is 3.98. The standard InChI is InChI=1S/C22H23N3O2/c1-15(2)24-22(27)17-10-12-18(13-11-17)23-14-21(26)25-20-9-5-7-16-6-3-4-8-19(16)20/h3-13,15,23H,14H2,1-2H3,(H,24,27)(H,25,26). The first-order chi connectivity index (χ1) is 13.0. The summed E-state index contributed by atoms with van der Waals surface area (Å²) in [4.78, 5) is 24.2. The molecule has 0 saturated heterocycles. The maximum atomic E-state index is 12.3. The Balaban J connectivity index is 1.58. The van der Waals surface area contributed by atoms with E-state index >= 15 is 0 Å². The van der Waals surface area contributed by atoms with E-state index in [1.165, 1.54) is 0 Å². The van der Waals surface area contributed by atoms with E-state index in [1.54, 1.807) is 24.3 Å². The predicted octanol–water partition coefficient (Wildman–Crippen LogP) is 4.03. The van der Waals surface area contributed by atoms with Gasteiger partial charge in [0.05, 0.1) is 6.54 Å². The molecule has 2 amide bonds. The maximum Gasteiger partial charge on any atom is 0.251 e. The van der Waals surface area contributed by atoms with Gasteiger partial charge in [-0.2, -0.15) is 0 Å². The van der Waals surface area contributed by atoms with Crippen LogP contribution in [0.3, 0.4) is 0 Å². The zero-order valence-corrected chi connectivity index (χ0v) is 15.5. The molecule has 0 aliphatic rings. The van der Waals surface area contributed by atoms with E-state index in [9.17, 15) is 9.59 Å². The summed E-state index contributed by atoms with van der Waals surface area (Å²) < 4.78 is 0. The molecule has 0 heterocycles. The third kappa shape index (κ3) is 4.85. The monoisotopic (exact) mass is 361 g/mol. The highest BCUT2D eigenvalue weighted by Crippen LogP contribution is 2.22. The molecule has 3 aromatic carbocycles. The quantitative estimate of drug-likeness (QED) is 0.621. The van der Waals surface area contributed by atoms with E-state index < -0.39 is 0 Å². The zero-order chi connectivity index (χ0) is 19.2. The van der Waals surface area contributed by atoms with Gasteiger partial charge in [0.25, 0.3) is 5.91 Å². The second-order valence-electron chi connectivity index (χ2n) is 6.63. The van der Waals surface area contributed by atoms with Gasteiger partial charge >= 0.3 is 0 Å². The molecule has 0 spiro atoms. The summed E-state index contributed by atoms with van der Waals surface area (Å²) in [6.07, 6.45) is 0. The molecule has 0 fully saturated rings. The van der Waals surface area contributed by atoms with Crippen LogP contribution in [-0.4, -0.2) is 24.4 Å². The fourth-order valence-corrected chi connectivity index (χ4v) is 2.80. The molecule has 0 atom stereocenters. The predicted molar refractivity (Wildman–Crippen MR) is 110 cm³/mol. The third-order valence-electron chi connectivity index (χ3n) is 4.08. The number of rotatable bonds is 6. The van der Waals surface area contributed by atoms with Crippen molar-refractivity contribution in [3.8, 4) is 0 Å². The Labute approximate surface area is 158 Å². The summed E-state index contributed by atoms with van der Waals surface area (Å²) in [6, 6.07) is 20.9. The van der Waals surface area contributed by atoms with E-state index in [0.29, 0.717) is 5.56 Å². The Hall–Kier alpha value is -3.34. The Morgan fingerprint density at radius 2 is 1.59 bits per heavy atom. The van der Waals surface area contributed by atoms with Crippen molar-refractivity contribution in [2.24, 2.45) is 0 Å².